The Labute approximate surface area is 85.3 Å². The number of hydrogen-bond acceptors (Lipinski definition) is 3. The number of aryl methyl sites for hydroxylation is 1. The van der Waals surface area contributed by atoms with Crippen LogP contribution in [0.25, 0.3) is 0 Å². The van der Waals surface area contributed by atoms with Crippen molar-refractivity contribution < 1.29 is 17.9 Å². The van der Waals surface area contributed by atoms with Gasteiger partial charge in [0.2, 0.25) is 5.88 Å². The molecular weight excluding hydrogens is 209 g/mol. The van der Waals surface area contributed by atoms with E-state index < -0.39 is 12.8 Å². The van der Waals surface area contributed by atoms with Gasteiger partial charge in [0.05, 0.1) is 0 Å². The second kappa shape index (κ2) is 4.37. The zero-order valence-electron chi connectivity index (χ0n) is 8.35. The molecule has 0 bridgehead atoms. The van der Waals surface area contributed by atoms with Crippen LogP contribution in [0, 0.1) is 6.92 Å². The van der Waals surface area contributed by atoms with Crippen molar-refractivity contribution in [1.29, 1.82) is 0 Å². The predicted octanol–water partition coefficient (Wildman–Crippen LogP) is 2.37. The molecule has 0 saturated carbocycles. The van der Waals surface area contributed by atoms with Gasteiger partial charge in [-0.3, -0.25) is 0 Å². The third kappa shape index (κ3) is 3.65. The molecule has 0 fully saturated rings. The maximum Gasteiger partial charge on any atom is 0.422 e. The molecule has 0 saturated heterocycles. The number of nitrogens with one attached hydrogen (secondary N) is 1. The largest absolute Gasteiger partial charge is 0.468 e. The molecule has 0 spiro atoms. The summed E-state index contributed by atoms with van der Waals surface area (Å²) in [6.07, 6.45) is -4.34. The van der Waals surface area contributed by atoms with Crippen LogP contribution < -0.4 is 10.1 Å². The summed E-state index contributed by atoms with van der Waals surface area (Å²) in [5.74, 6) is 0.469. The van der Waals surface area contributed by atoms with Crippen molar-refractivity contribution in [3.05, 3.63) is 17.7 Å². The van der Waals surface area contributed by atoms with Gasteiger partial charge in [-0.05, 0) is 12.5 Å². The van der Waals surface area contributed by atoms with Gasteiger partial charge in [0.15, 0.2) is 6.61 Å². The number of aromatic nitrogens is 1. The molecule has 0 radical (unpaired) electrons. The molecule has 0 amide bonds. The van der Waals surface area contributed by atoms with E-state index in [0.29, 0.717) is 5.82 Å². The highest BCUT2D eigenvalue weighted by Gasteiger charge is 2.28. The van der Waals surface area contributed by atoms with E-state index in [1.54, 1.807) is 20.0 Å². The predicted molar refractivity (Wildman–Crippen MR) is 50.1 cm³/mol. The van der Waals surface area contributed by atoms with Gasteiger partial charge in [-0.15, -0.1) is 0 Å². The van der Waals surface area contributed by atoms with Crippen LogP contribution in [0.1, 0.15) is 5.56 Å². The Morgan fingerprint density at radius 2 is 2.07 bits per heavy atom. The highest BCUT2D eigenvalue weighted by Crippen LogP contribution is 2.19. The van der Waals surface area contributed by atoms with E-state index in [1.807, 2.05) is 0 Å². The lowest BCUT2D eigenvalue weighted by molar-refractivity contribution is -0.154. The van der Waals surface area contributed by atoms with Crippen molar-refractivity contribution in [3.8, 4) is 5.88 Å². The maximum absolute atomic E-state index is 11.8. The Hall–Kier alpha value is -1.46. The van der Waals surface area contributed by atoms with Gasteiger partial charge in [-0.25, -0.2) is 0 Å². The molecular formula is C9H11F3N2O. The van der Waals surface area contributed by atoms with Gasteiger partial charge in [0.25, 0.3) is 0 Å². The van der Waals surface area contributed by atoms with Crippen LogP contribution in [0.5, 0.6) is 5.88 Å². The second-order valence-corrected chi connectivity index (χ2v) is 2.97. The first-order valence-electron chi connectivity index (χ1n) is 4.27. The summed E-state index contributed by atoms with van der Waals surface area (Å²) < 4.78 is 40.0. The van der Waals surface area contributed by atoms with Crippen molar-refractivity contribution >= 4 is 5.82 Å². The lowest BCUT2D eigenvalue weighted by Crippen LogP contribution is -2.19. The zero-order chi connectivity index (χ0) is 11.5. The molecule has 1 aromatic rings. The molecule has 1 N–H and O–H groups in total. The van der Waals surface area contributed by atoms with Crippen molar-refractivity contribution in [3.63, 3.8) is 0 Å². The van der Waals surface area contributed by atoms with Crippen LogP contribution in [0.3, 0.4) is 0 Å². The van der Waals surface area contributed by atoms with Crippen LogP contribution in [-0.4, -0.2) is 24.8 Å². The second-order valence-electron chi connectivity index (χ2n) is 2.97. The van der Waals surface area contributed by atoms with Crippen LogP contribution in [0.2, 0.25) is 0 Å². The number of hydrogen-bond donors (Lipinski definition) is 1. The summed E-state index contributed by atoms with van der Waals surface area (Å²) in [7, 11) is 1.64. The molecule has 0 aromatic carbocycles. The van der Waals surface area contributed by atoms with Gasteiger partial charge in [-0.1, -0.05) is 6.07 Å². The van der Waals surface area contributed by atoms with Gasteiger partial charge in [0.1, 0.15) is 5.82 Å². The number of ether oxygens (including phenoxy) is 1. The third-order valence-corrected chi connectivity index (χ3v) is 1.69. The molecule has 0 aliphatic rings. The Balaban J connectivity index is 2.70. The molecule has 6 heteroatoms. The topological polar surface area (TPSA) is 34.2 Å². The van der Waals surface area contributed by atoms with E-state index in [2.05, 4.69) is 15.0 Å². The van der Waals surface area contributed by atoms with Gasteiger partial charge in [-0.2, -0.15) is 18.2 Å². The highest BCUT2D eigenvalue weighted by atomic mass is 19.4. The van der Waals surface area contributed by atoms with E-state index in [0.717, 1.165) is 5.56 Å². The molecule has 0 atom stereocenters. The summed E-state index contributed by atoms with van der Waals surface area (Å²) in [5, 5.41) is 2.76. The first-order valence-corrected chi connectivity index (χ1v) is 4.27. The summed E-state index contributed by atoms with van der Waals surface area (Å²) in [6.45, 7) is 0.471. The first-order chi connectivity index (χ1) is 6.92. The normalized spacial score (nSPS) is 11.3. The summed E-state index contributed by atoms with van der Waals surface area (Å²) in [4.78, 5) is 3.86. The van der Waals surface area contributed by atoms with Gasteiger partial charge in [0, 0.05) is 13.1 Å². The van der Waals surface area contributed by atoms with Crippen molar-refractivity contribution in [1.82, 2.24) is 4.98 Å². The summed E-state index contributed by atoms with van der Waals surface area (Å²) in [5.41, 5.74) is 0.844. The van der Waals surface area contributed by atoms with E-state index in [4.69, 9.17) is 0 Å². The molecule has 0 unspecified atom stereocenters. The van der Waals surface area contributed by atoms with Gasteiger partial charge < -0.3 is 10.1 Å². The van der Waals surface area contributed by atoms with Crippen molar-refractivity contribution in [2.75, 3.05) is 19.0 Å². The molecule has 1 rings (SSSR count). The smallest absolute Gasteiger partial charge is 0.422 e. The highest BCUT2D eigenvalue weighted by molar-refractivity contribution is 5.44. The van der Waals surface area contributed by atoms with E-state index >= 15 is 0 Å². The fourth-order valence-electron chi connectivity index (χ4n) is 1.00. The summed E-state index contributed by atoms with van der Waals surface area (Å²) in [6, 6.07) is 3.05. The average Bonchev–Trinajstić information content (AvgIpc) is 2.15. The minimum absolute atomic E-state index is 0.0396. The van der Waals surface area contributed by atoms with Crippen LogP contribution in [0.15, 0.2) is 12.1 Å². The zero-order valence-corrected chi connectivity index (χ0v) is 8.35. The number of alkyl halides is 3. The van der Waals surface area contributed by atoms with Crippen molar-refractivity contribution in [2.24, 2.45) is 0 Å². The Bertz CT molecular complexity index is 339. The third-order valence-electron chi connectivity index (χ3n) is 1.69. The monoisotopic (exact) mass is 220 g/mol. The summed E-state index contributed by atoms with van der Waals surface area (Å²) >= 11 is 0. The van der Waals surface area contributed by atoms with Crippen LogP contribution in [-0.2, 0) is 0 Å². The maximum atomic E-state index is 11.8. The Kier molecular flexibility index (Phi) is 3.39. The Morgan fingerprint density at radius 3 is 2.60 bits per heavy atom. The van der Waals surface area contributed by atoms with Crippen LogP contribution in [0.4, 0.5) is 19.0 Å². The lowest BCUT2D eigenvalue weighted by atomic mass is 10.3. The minimum atomic E-state index is -4.34. The number of rotatable bonds is 3. The Morgan fingerprint density at radius 1 is 1.40 bits per heavy atom. The van der Waals surface area contributed by atoms with Crippen LogP contribution >= 0.6 is 0 Å². The molecule has 1 heterocycles. The van der Waals surface area contributed by atoms with Crippen molar-refractivity contribution in [2.45, 2.75) is 13.1 Å². The number of nitrogens with zero attached hydrogens (tertiary/aromatic N) is 1. The first kappa shape index (κ1) is 11.6. The molecule has 84 valence electrons. The number of halogens is 3. The molecule has 15 heavy (non-hydrogen) atoms. The molecule has 3 nitrogen and oxygen atoms in total. The fraction of sp³-hybridized carbons (Fsp3) is 0.444. The molecule has 0 aliphatic carbocycles. The molecule has 0 aliphatic heterocycles. The fourth-order valence-corrected chi connectivity index (χ4v) is 1.00. The minimum Gasteiger partial charge on any atom is -0.468 e. The number of anilines is 1. The van der Waals surface area contributed by atoms with E-state index in [9.17, 15) is 13.2 Å². The average molecular weight is 220 g/mol. The molecule has 1 aromatic heterocycles. The standard InChI is InChI=1S/C9H11F3N2O/c1-6-3-4-7(14-8(6)13-2)15-5-9(10,11)12/h3-4H,5H2,1-2H3,(H,13,14). The lowest BCUT2D eigenvalue weighted by Gasteiger charge is -2.10. The van der Waals surface area contributed by atoms with E-state index in [-0.39, 0.29) is 5.88 Å². The number of pyridine rings is 1. The SMILES string of the molecule is CNc1nc(OCC(F)(F)F)ccc1C. The van der Waals surface area contributed by atoms with E-state index in [1.165, 1.54) is 6.07 Å². The van der Waals surface area contributed by atoms with Gasteiger partial charge >= 0.3 is 6.18 Å². The quantitative estimate of drug-likeness (QED) is 0.849.